The first-order chi connectivity index (χ1) is 24.4. The molecule has 4 atom stereocenters. The Hall–Kier alpha value is -2.80. The summed E-state index contributed by atoms with van der Waals surface area (Å²) in [5.74, 6) is -1.53. The van der Waals surface area contributed by atoms with Crippen LogP contribution < -0.4 is 0 Å². The van der Waals surface area contributed by atoms with Crippen molar-refractivity contribution in [3.63, 3.8) is 0 Å². The van der Waals surface area contributed by atoms with Gasteiger partial charge in [-0.2, -0.15) is 0 Å². The van der Waals surface area contributed by atoms with Crippen LogP contribution in [0.5, 0.6) is 0 Å². The highest BCUT2D eigenvalue weighted by Gasteiger charge is 2.52. The van der Waals surface area contributed by atoms with E-state index in [0.29, 0.717) is 26.4 Å². The number of rotatable bonds is 22. The van der Waals surface area contributed by atoms with E-state index in [1.54, 1.807) is 0 Å². The van der Waals surface area contributed by atoms with Gasteiger partial charge >= 0.3 is 23.9 Å². The Morgan fingerprint density at radius 2 is 0.880 bits per heavy atom. The van der Waals surface area contributed by atoms with E-state index in [4.69, 9.17) is 37.9 Å². The molecule has 4 rings (SSSR count). The van der Waals surface area contributed by atoms with Gasteiger partial charge in [-0.05, 0) is 89.9 Å². The van der Waals surface area contributed by atoms with Gasteiger partial charge in [0.15, 0.2) is 12.2 Å². The Morgan fingerprint density at radius 1 is 0.520 bits per heavy atom. The van der Waals surface area contributed by atoms with Crippen molar-refractivity contribution < 1.29 is 57.1 Å². The molecule has 0 aromatic heterocycles. The number of unbranched alkanes of at least 4 members (excludes halogenated alkanes) is 6. The van der Waals surface area contributed by atoms with Crippen molar-refractivity contribution in [1.82, 2.24) is 0 Å². The summed E-state index contributed by atoms with van der Waals surface area (Å²) in [7, 11) is 0. The minimum absolute atomic E-state index is 0.160. The van der Waals surface area contributed by atoms with Gasteiger partial charge < -0.3 is 37.9 Å². The maximum atomic E-state index is 13.0. The van der Waals surface area contributed by atoms with Crippen LogP contribution in [0.15, 0.2) is 25.3 Å². The van der Waals surface area contributed by atoms with Crippen molar-refractivity contribution >= 4 is 23.9 Å². The van der Waals surface area contributed by atoms with Gasteiger partial charge in [0.25, 0.3) is 0 Å². The summed E-state index contributed by atoms with van der Waals surface area (Å²) in [6.07, 6.45) is 14.6. The summed E-state index contributed by atoms with van der Waals surface area (Å²) in [5, 5.41) is 0. The molecule has 0 aromatic rings. The zero-order valence-electron chi connectivity index (χ0n) is 29.6. The largest absolute Gasteiger partial charge is 0.463 e. The lowest BCUT2D eigenvalue weighted by atomic mass is 9.87. The number of esters is 4. The third-order valence-corrected chi connectivity index (χ3v) is 10.1. The minimum atomic E-state index is -0.507. The lowest BCUT2D eigenvalue weighted by Crippen LogP contribution is -2.38. The third-order valence-electron chi connectivity index (χ3n) is 10.1. The predicted molar refractivity (Wildman–Crippen MR) is 182 cm³/mol. The van der Waals surface area contributed by atoms with E-state index < -0.39 is 24.4 Å². The van der Waals surface area contributed by atoms with Crippen LogP contribution >= 0.6 is 0 Å². The first-order valence-electron chi connectivity index (χ1n) is 18.8. The summed E-state index contributed by atoms with van der Waals surface area (Å²) in [6.45, 7) is 9.44. The quantitative estimate of drug-likeness (QED) is 0.0621. The monoisotopic (exact) mass is 706 g/mol. The molecule has 0 N–H and O–H groups in total. The van der Waals surface area contributed by atoms with Crippen LogP contribution in [0.3, 0.4) is 0 Å². The van der Waals surface area contributed by atoms with Crippen LogP contribution in [0.25, 0.3) is 0 Å². The normalized spacial score (nSPS) is 29.0. The Bertz CT molecular complexity index is 994. The van der Waals surface area contributed by atoms with Crippen molar-refractivity contribution in [1.29, 1.82) is 0 Å². The molecule has 12 nitrogen and oxygen atoms in total. The summed E-state index contributed by atoms with van der Waals surface area (Å²) in [6, 6.07) is 0. The maximum absolute atomic E-state index is 13.0. The van der Waals surface area contributed by atoms with Gasteiger partial charge in [0.05, 0.1) is 50.5 Å². The lowest BCUT2D eigenvalue weighted by molar-refractivity contribution is -0.162. The average Bonchev–Trinajstić information content (AvgIpc) is 3.73. The van der Waals surface area contributed by atoms with Crippen LogP contribution in [0.1, 0.15) is 103 Å². The van der Waals surface area contributed by atoms with Crippen LogP contribution in [0.2, 0.25) is 0 Å². The second kappa shape index (κ2) is 22.2. The Labute approximate surface area is 296 Å². The second-order valence-corrected chi connectivity index (χ2v) is 13.8. The molecule has 282 valence electrons. The Balaban J connectivity index is 1.02. The fraction of sp³-hybridized carbons (Fsp3) is 0.789. The standard InChI is InChI=1S/C38H58O12/c1-3-33(39)45-23-11-7-5-9-21-43-29-17-13-27(14-18-29)37(41)49-31-25-47-36-32(26-48-35(31)36)50-38(42)28-15-19-30(20-16-28)44-22-10-6-8-12-24-46-34(40)4-2/h3-4,27-32,35-36H,1-2,5-26H2/t27?,28?,29?,30?,31-,32+,35-,36-/m1/s1. The molecular formula is C38H58O12. The molecule has 0 bridgehead atoms. The molecule has 2 aliphatic heterocycles. The molecule has 0 spiro atoms. The van der Waals surface area contributed by atoms with Gasteiger partial charge in [0.1, 0.15) is 12.2 Å². The Kier molecular flexibility index (Phi) is 17.8. The van der Waals surface area contributed by atoms with Gasteiger partial charge in [0, 0.05) is 25.4 Å². The second-order valence-electron chi connectivity index (χ2n) is 13.8. The zero-order valence-corrected chi connectivity index (χ0v) is 29.6. The van der Waals surface area contributed by atoms with Gasteiger partial charge in [0.2, 0.25) is 0 Å². The van der Waals surface area contributed by atoms with E-state index in [9.17, 15) is 19.2 Å². The molecule has 0 unspecified atom stereocenters. The third kappa shape index (κ3) is 13.4. The smallest absolute Gasteiger partial charge is 0.330 e. The summed E-state index contributed by atoms with van der Waals surface area (Å²) in [5.41, 5.74) is 0. The molecule has 2 heterocycles. The minimum Gasteiger partial charge on any atom is -0.463 e. The number of carbonyl (C=O) groups is 4. The lowest BCUT2D eigenvalue weighted by Gasteiger charge is -2.28. The molecule has 0 radical (unpaired) electrons. The SMILES string of the molecule is C=CC(=O)OCCCCCCOC1CCC(C(=O)O[C@H]2CO[C@H]3[C@@H]2OC[C@H]3OC(=O)C2CCC(OCCCCCCOC(=O)C=C)CC2)CC1. The molecule has 12 heteroatoms. The molecule has 0 aromatic carbocycles. The number of hydrogen-bond acceptors (Lipinski definition) is 12. The van der Waals surface area contributed by atoms with E-state index in [0.717, 1.165) is 103 Å². The molecular weight excluding hydrogens is 648 g/mol. The van der Waals surface area contributed by atoms with E-state index in [1.165, 1.54) is 12.2 Å². The van der Waals surface area contributed by atoms with E-state index in [2.05, 4.69) is 13.2 Å². The van der Waals surface area contributed by atoms with Crippen molar-refractivity contribution in [2.24, 2.45) is 11.8 Å². The first kappa shape index (κ1) is 40.0. The molecule has 2 saturated carbocycles. The number of carbonyl (C=O) groups excluding carboxylic acids is 4. The summed E-state index contributed by atoms with van der Waals surface area (Å²) >= 11 is 0. The van der Waals surface area contributed by atoms with Crippen molar-refractivity contribution in [3.05, 3.63) is 25.3 Å². The van der Waals surface area contributed by atoms with Gasteiger partial charge in [-0.3, -0.25) is 9.59 Å². The molecule has 4 fully saturated rings. The topological polar surface area (TPSA) is 142 Å². The zero-order chi connectivity index (χ0) is 35.6. The Morgan fingerprint density at radius 3 is 1.24 bits per heavy atom. The predicted octanol–water partition coefficient (Wildman–Crippen LogP) is 5.34. The van der Waals surface area contributed by atoms with Crippen LogP contribution in [-0.4, -0.2) is 100 Å². The van der Waals surface area contributed by atoms with Gasteiger partial charge in [-0.25, -0.2) is 9.59 Å². The maximum Gasteiger partial charge on any atom is 0.330 e. The van der Waals surface area contributed by atoms with Gasteiger partial charge in [-0.1, -0.05) is 26.0 Å². The fourth-order valence-electron chi connectivity index (χ4n) is 7.13. The van der Waals surface area contributed by atoms with E-state index >= 15 is 0 Å². The molecule has 4 aliphatic rings. The van der Waals surface area contributed by atoms with Crippen molar-refractivity contribution in [2.75, 3.05) is 39.6 Å². The summed E-state index contributed by atoms with van der Waals surface area (Å²) < 4.78 is 45.7. The molecule has 2 saturated heterocycles. The number of hydrogen-bond donors (Lipinski definition) is 0. The fourth-order valence-corrected chi connectivity index (χ4v) is 7.13. The molecule has 50 heavy (non-hydrogen) atoms. The van der Waals surface area contributed by atoms with Crippen LogP contribution in [0, 0.1) is 11.8 Å². The number of fused-ring (bicyclic) bond motifs is 1. The number of ether oxygens (including phenoxy) is 8. The van der Waals surface area contributed by atoms with Crippen LogP contribution in [-0.2, 0) is 57.1 Å². The molecule has 0 amide bonds. The van der Waals surface area contributed by atoms with Crippen molar-refractivity contribution in [3.8, 4) is 0 Å². The highest BCUT2D eigenvalue weighted by molar-refractivity contribution is 5.81. The first-order valence-corrected chi connectivity index (χ1v) is 18.8. The van der Waals surface area contributed by atoms with E-state index in [1.807, 2.05) is 0 Å². The molecule has 2 aliphatic carbocycles. The summed E-state index contributed by atoms with van der Waals surface area (Å²) in [4.78, 5) is 48.2. The van der Waals surface area contributed by atoms with Gasteiger partial charge in [-0.15, -0.1) is 0 Å². The van der Waals surface area contributed by atoms with Crippen LogP contribution in [0.4, 0.5) is 0 Å². The van der Waals surface area contributed by atoms with Crippen molar-refractivity contribution in [2.45, 2.75) is 139 Å². The average molecular weight is 707 g/mol. The highest BCUT2D eigenvalue weighted by atomic mass is 16.7. The highest BCUT2D eigenvalue weighted by Crippen LogP contribution is 2.35. The van der Waals surface area contributed by atoms with E-state index in [-0.39, 0.29) is 61.1 Å².